The Morgan fingerprint density at radius 2 is 1.60 bits per heavy atom. The minimum Gasteiger partial charge on any atom is -0.497 e. The summed E-state index contributed by atoms with van der Waals surface area (Å²) in [5, 5.41) is 2.82. The van der Waals surface area contributed by atoms with Crippen LogP contribution < -0.4 is 15.0 Å². The van der Waals surface area contributed by atoms with Crippen molar-refractivity contribution in [2.24, 2.45) is 0 Å². The summed E-state index contributed by atoms with van der Waals surface area (Å²) in [5.74, 6) is 0.390. The molecule has 0 aromatic heterocycles. The summed E-state index contributed by atoms with van der Waals surface area (Å²) in [5.41, 5.74) is 1.66. The first kappa shape index (κ1) is 24.1. The zero-order chi connectivity index (χ0) is 25.0. The van der Waals surface area contributed by atoms with Crippen molar-refractivity contribution in [3.63, 3.8) is 0 Å². The summed E-state index contributed by atoms with van der Waals surface area (Å²) in [6.45, 7) is 1.27. The average molecular weight is 483 g/mol. The Hall–Kier alpha value is -4.01. The van der Waals surface area contributed by atoms with Gasteiger partial charge in [0.05, 0.1) is 12.7 Å². The number of hydrogen-bond donors (Lipinski definition) is 1. The number of carbonyl (C=O) groups excluding carboxylic acids is 2. The first-order valence-corrected chi connectivity index (χ1v) is 11.0. The lowest BCUT2D eigenvalue weighted by Crippen LogP contribution is -2.49. The largest absolute Gasteiger partial charge is 0.497 e. The highest BCUT2D eigenvalue weighted by atomic mass is 19.4. The van der Waals surface area contributed by atoms with Gasteiger partial charge >= 0.3 is 12.2 Å². The van der Waals surface area contributed by atoms with Crippen molar-refractivity contribution in [1.29, 1.82) is 0 Å². The third-order valence-electron chi connectivity index (χ3n) is 5.75. The molecule has 3 amide bonds. The third-order valence-corrected chi connectivity index (χ3v) is 5.75. The molecule has 0 bridgehead atoms. The van der Waals surface area contributed by atoms with E-state index >= 15 is 0 Å². The lowest BCUT2D eigenvalue weighted by atomic mass is 10.1. The Morgan fingerprint density at radius 1 is 0.943 bits per heavy atom. The third kappa shape index (κ3) is 5.74. The van der Waals surface area contributed by atoms with E-state index in [4.69, 9.17) is 4.74 Å². The number of alkyl halides is 3. The topological polar surface area (TPSA) is 61.9 Å². The summed E-state index contributed by atoms with van der Waals surface area (Å²) in [6, 6.07) is 18.3. The second kappa shape index (κ2) is 10.1. The Bertz CT molecular complexity index is 1180. The molecule has 1 aliphatic heterocycles. The van der Waals surface area contributed by atoms with Gasteiger partial charge in [0.25, 0.3) is 5.91 Å². The molecule has 1 heterocycles. The molecule has 1 N–H and O–H groups in total. The lowest BCUT2D eigenvalue weighted by molar-refractivity contribution is -0.137. The van der Waals surface area contributed by atoms with Gasteiger partial charge < -0.3 is 15.0 Å². The minimum atomic E-state index is -4.39. The number of urea groups is 1. The maximum atomic E-state index is 13.0. The second-order valence-electron chi connectivity index (χ2n) is 8.13. The van der Waals surface area contributed by atoms with Gasteiger partial charge in [-0.15, -0.1) is 0 Å². The first-order valence-electron chi connectivity index (χ1n) is 11.0. The van der Waals surface area contributed by atoms with Crippen LogP contribution in [0, 0.1) is 0 Å². The number of halogens is 3. The fraction of sp³-hybridized carbons (Fsp3) is 0.231. The molecule has 0 radical (unpaired) electrons. The van der Waals surface area contributed by atoms with Crippen molar-refractivity contribution in [3.8, 4) is 5.75 Å². The van der Waals surface area contributed by atoms with Crippen LogP contribution >= 0.6 is 0 Å². The average Bonchev–Trinajstić information content (AvgIpc) is 2.86. The number of rotatable bonds is 6. The fourth-order valence-corrected chi connectivity index (χ4v) is 3.86. The molecule has 182 valence electrons. The Kier molecular flexibility index (Phi) is 6.95. The van der Waals surface area contributed by atoms with Crippen molar-refractivity contribution in [1.82, 2.24) is 4.90 Å². The predicted octanol–water partition coefficient (Wildman–Crippen LogP) is 5.80. The lowest BCUT2D eigenvalue weighted by Gasteiger charge is -2.35. The molecule has 35 heavy (non-hydrogen) atoms. The quantitative estimate of drug-likeness (QED) is 0.482. The number of nitrogens with one attached hydrogen (secondary N) is 1. The molecular formula is C26H24F3N3O3. The van der Waals surface area contributed by atoms with Crippen molar-refractivity contribution >= 4 is 23.3 Å². The van der Waals surface area contributed by atoms with Gasteiger partial charge in [-0.3, -0.25) is 9.69 Å². The Balaban J connectivity index is 1.39. The molecule has 1 fully saturated rings. The standard InChI is InChI=1S/C26H24F3N3O3/c1-35-23-13-5-19(6-14-23)24(33)30-21-9-11-22(12-10-21)32-16-2-15-31(25(32)34)17-18-3-7-20(8-4-18)26(27,28)29/h3-14H,2,15-17H2,1H3,(H,30,33). The molecule has 6 nitrogen and oxygen atoms in total. The molecule has 0 unspecified atom stereocenters. The summed E-state index contributed by atoms with van der Waals surface area (Å²) in [4.78, 5) is 28.8. The van der Waals surface area contributed by atoms with Crippen molar-refractivity contribution in [2.75, 3.05) is 30.4 Å². The first-order chi connectivity index (χ1) is 16.7. The van der Waals surface area contributed by atoms with Gasteiger partial charge in [-0.05, 0) is 72.6 Å². The molecule has 0 saturated carbocycles. The molecular weight excluding hydrogens is 459 g/mol. The summed E-state index contributed by atoms with van der Waals surface area (Å²) < 4.78 is 43.5. The normalized spacial score (nSPS) is 14.1. The summed E-state index contributed by atoms with van der Waals surface area (Å²) in [7, 11) is 1.55. The van der Waals surface area contributed by atoms with Crippen molar-refractivity contribution < 1.29 is 27.5 Å². The number of benzene rings is 3. The highest BCUT2D eigenvalue weighted by Gasteiger charge is 2.30. The van der Waals surface area contributed by atoms with Gasteiger partial charge in [-0.25, -0.2) is 4.79 Å². The van der Waals surface area contributed by atoms with E-state index in [2.05, 4.69) is 5.32 Å². The predicted molar refractivity (Wildman–Crippen MR) is 127 cm³/mol. The van der Waals surface area contributed by atoms with E-state index in [-0.39, 0.29) is 18.5 Å². The van der Waals surface area contributed by atoms with E-state index in [0.29, 0.717) is 41.3 Å². The number of nitrogens with zero attached hydrogens (tertiary/aromatic N) is 2. The Morgan fingerprint density at radius 3 is 2.20 bits per heavy atom. The van der Waals surface area contributed by atoms with E-state index in [1.54, 1.807) is 65.4 Å². The monoisotopic (exact) mass is 483 g/mol. The van der Waals surface area contributed by atoms with Gasteiger partial charge in [0.2, 0.25) is 0 Å². The van der Waals surface area contributed by atoms with E-state index in [1.807, 2.05) is 0 Å². The molecule has 1 saturated heterocycles. The fourth-order valence-electron chi connectivity index (χ4n) is 3.86. The summed E-state index contributed by atoms with van der Waals surface area (Å²) in [6.07, 6.45) is -3.67. The maximum absolute atomic E-state index is 13.0. The molecule has 0 atom stereocenters. The number of ether oxygens (including phenoxy) is 1. The molecule has 0 aliphatic carbocycles. The van der Waals surface area contributed by atoms with Crippen LogP contribution in [-0.2, 0) is 12.7 Å². The van der Waals surface area contributed by atoms with E-state index < -0.39 is 11.7 Å². The minimum absolute atomic E-state index is 0.217. The molecule has 9 heteroatoms. The van der Waals surface area contributed by atoms with Crippen LogP contribution in [-0.4, -0.2) is 37.0 Å². The molecule has 3 aromatic rings. The van der Waals surface area contributed by atoms with Crippen LogP contribution in [0.2, 0.25) is 0 Å². The van der Waals surface area contributed by atoms with E-state index in [9.17, 15) is 22.8 Å². The van der Waals surface area contributed by atoms with Crippen LogP contribution in [0.15, 0.2) is 72.8 Å². The maximum Gasteiger partial charge on any atom is 0.416 e. The van der Waals surface area contributed by atoms with Gasteiger partial charge in [-0.1, -0.05) is 12.1 Å². The molecule has 4 rings (SSSR count). The molecule has 1 aliphatic rings. The highest BCUT2D eigenvalue weighted by Crippen LogP contribution is 2.30. The number of amides is 3. The van der Waals surface area contributed by atoms with Crippen molar-refractivity contribution in [2.45, 2.75) is 19.1 Å². The number of methoxy groups -OCH3 is 1. The molecule has 0 spiro atoms. The molecule has 3 aromatic carbocycles. The van der Waals surface area contributed by atoms with Gasteiger partial charge in [0, 0.05) is 36.6 Å². The SMILES string of the molecule is COc1ccc(C(=O)Nc2ccc(N3CCCN(Cc4ccc(C(F)(F)F)cc4)C3=O)cc2)cc1. The Labute approximate surface area is 200 Å². The van der Waals surface area contributed by atoms with Gasteiger partial charge in [0.15, 0.2) is 0 Å². The highest BCUT2D eigenvalue weighted by molar-refractivity contribution is 6.04. The van der Waals surface area contributed by atoms with E-state index in [1.165, 1.54) is 12.1 Å². The van der Waals surface area contributed by atoms with Crippen LogP contribution in [0.25, 0.3) is 0 Å². The zero-order valence-corrected chi connectivity index (χ0v) is 19.0. The zero-order valence-electron chi connectivity index (χ0n) is 19.0. The number of anilines is 2. The second-order valence-corrected chi connectivity index (χ2v) is 8.13. The smallest absolute Gasteiger partial charge is 0.416 e. The van der Waals surface area contributed by atoms with E-state index in [0.717, 1.165) is 18.6 Å². The van der Waals surface area contributed by atoms with Crippen LogP contribution in [0.3, 0.4) is 0 Å². The van der Waals surface area contributed by atoms with Crippen molar-refractivity contribution in [3.05, 3.63) is 89.5 Å². The van der Waals surface area contributed by atoms with Gasteiger partial charge in [-0.2, -0.15) is 13.2 Å². The van der Waals surface area contributed by atoms with Crippen LogP contribution in [0.4, 0.5) is 29.3 Å². The van der Waals surface area contributed by atoms with Gasteiger partial charge in [0.1, 0.15) is 5.75 Å². The van der Waals surface area contributed by atoms with Crippen LogP contribution in [0.1, 0.15) is 27.9 Å². The number of carbonyl (C=O) groups is 2. The number of hydrogen-bond acceptors (Lipinski definition) is 3. The van der Waals surface area contributed by atoms with Crippen LogP contribution in [0.5, 0.6) is 5.75 Å². The summed E-state index contributed by atoms with van der Waals surface area (Å²) >= 11 is 0.